The highest BCUT2D eigenvalue weighted by atomic mass is 35.5. The molecule has 0 aromatic heterocycles. The maximum absolute atomic E-state index is 13.0. The number of hydrogen-bond acceptors (Lipinski definition) is 3. The third kappa shape index (κ3) is 6.14. The zero-order valence-corrected chi connectivity index (χ0v) is 17.5. The maximum atomic E-state index is 13.0. The molecular weight excluding hydrogens is 399 g/mol. The number of hydrogen-bond donors (Lipinski definition) is 1. The van der Waals surface area contributed by atoms with E-state index in [-0.39, 0.29) is 25.0 Å². The van der Waals surface area contributed by atoms with Gasteiger partial charge in [-0.05, 0) is 43.2 Å². The van der Waals surface area contributed by atoms with Gasteiger partial charge in [-0.25, -0.2) is 0 Å². The van der Waals surface area contributed by atoms with E-state index in [4.69, 9.17) is 27.9 Å². The molecule has 2 aromatic carbocycles. The van der Waals surface area contributed by atoms with Crippen LogP contribution in [0.15, 0.2) is 48.5 Å². The molecule has 150 valence electrons. The van der Waals surface area contributed by atoms with Crippen LogP contribution in [-0.2, 0) is 16.1 Å². The Kier molecular flexibility index (Phi) is 8.61. The van der Waals surface area contributed by atoms with Crippen LogP contribution in [-0.4, -0.2) is 35.9 Å². The molecule has 2 amide bonds. The molecule has 1 atom stereocenters. The van der Waals surface area contributed by atoms with E-state index in [1.807, 2.05) is 32.0 Å². The van der Waals surface area contributed by atoms with Crippen molar-refractivity contribution in [1.82, 2.24) is 10.2 Å². The average molecular weight is 423 g/mol. The number of halogens is 2. The Morgan fingerprint density at radius 1 is 1.11 bits per heavy atom. The number of amides is 2. The number of carbonyl (C=O) groups excluding carboxylic acids is 2. The summed E-state index contributed by atoms with van der Waals surface area (Å²) in [5, 5.41) is 3.85. The number of nitrogens with one attached hydrogen (secondary N) is 1. The van der Waals surface area contributed by atoms with Crippen molar-refractivity contribution < 1.29 is 14.3 Å². The van der Waals surface area contributed by atoms with Crippen LogP contribution < -0.4 is 10.1 Å². The number of carbonyl (C=O) groups is 2. The third-order valence-electron chi connectivity index (χ3n) is 4.19. The average Bonchev–Trinajstić information content (AvgIpc) is 2.67. The summed E-state index contributed by atoms with van der Waals surface area (Å²) >= 11 is 12.2. The van der Waals surface area contributed by atoms with E-state index >= 15 is 0 Å². The van der Waals surface area contributed by atoms with Crippen molar-refractivity contribution in [3.8, 4) is 5.75 Å². The molecule has 0 spiro atoms. The van der Waals surface area contributed by atoms with E-state index in [1.165, 1.54) is 4.90 Å². The molecule has 0 fully saturated rings. The zero-order valence-electron chi connectivity index (χ0n) is 16.0. The van der Waals surface area contributed by atoms with Crippen LogP contribution >= 0.6 is 23.2 Å². The van der Waals surface area contributed by atoms with Gasteiger partial charge in [0, 0.05) is 23.1 Å². The summed E-state index contributed by atoms with van der Waals surface area (Å²) in [5.74, 6) is -0.0178. The lowest BCUT2D eigenvalue weighted by molar-refractivity contribution is -0.142. The van der Waals surface area contributed by atoms with Gasteiger partial charge in [0.05, 0.1) is 0 Å². The first-order chi connectivity index (χ1) is 13.5. The summed E-state index contributed by atoms with van der Waals surface area (Å²) in [6, 6.07) is 13.5. The monoisotopic (exact) mass is 422 g/mol. The number of benzene rings is 2. The Hall–Kier alpha value is -2.24. The predicted molar refractivity (Wildman–Crippen MR) is 112 cm³/mol. The van der Waals surface area contributed by atoms with Gasteiger partial charge in [0.1, 0.15) is 11.8 Å². The largest absolute Gasteiger partial charge is 0.484 e. The van der Waals surface area contributed by atoms with Crippen molar-refractivity contribution in [3.05, 3.63) is 64.1 Å². The Labute approximate surface area is 175 Å². The molecule has 0 aliphatic carbocycles. The molecule has 0 unspecified atom stereocenters. The standard InChI is InChI=1S/C21H24Cl2N2O3/c1-3-19(21(27)24-4-2)25(13-15-8-5-6-11-18(15)23)20(26)14-28-17-10-7-9-16(22)12-17/h5-12,19H,3-4,13-14H2,1-2H3,(H,24,27)/t19-/m1/s1. The van der Waals surface area contributed by atoms with Crippen molar-refractivity contribution >= 4 is 35.0 Å². The van der Waals surface area contributed by atoms with Crippen molar-refractivity contribution in [2.75, 3.05) is 13.2 Å². The molecule has 0 aliphatic heterocycles. The topological polar surface area (TPSA) is 58.6 Å². The second-order valence-corrected chi connectivity index (χ2v) is 7.02. The zero-order chi connectivity index (χ0) is 20.5. The van der Waals surface area contributed by atoms with Crippen molar-refractivity contribution in [1.29, 1.82) is 0 Å². The van der Waals surface area contributed by atoms with E-state index in [2.05, 4.69) is 5.32 Å². The fourth-order valence-electron chi connectivity index (χ4n) is 2.81. The molecule has 0 bridgehead atoms. The fraction of sp³-hybridized carbons (Fsp3) is 0.333. The van der Waals surface area contributed by atoms with Gasteiger partial charge >= 0.3 is 0 Å². The van der Waals surface area contributed by atoms with Crippen LogP contribution in [0.25, 0.3) is 0 Å². The lowest BCUT2D eigenvalue weighted by atomic mass is 10.1. The van der Waals surface area contributed by atoms with Gasteiger partial charge in [0.15, 0.2) is 6.61 Å². The Balaban J connectivity index is 2.21. The molecule has 5 nitrogen and oxygen atoms in total. The molecule has 7 heteroatoms. The van der Waals surface area contributed by atoms with E-state index in [1.54, 1.807) is 30.3 Å². The second kappa shape index (κ2) is 10.9. The molecule has 0 radical (unpaired) electrons. The molecule has 28 heavy (non-hydrogen) atoms. The van der Waals surface area contributed by atoms with Crippen molar-refractivity contribution in [2.24, 2.45) is 0 Å². The van der Waals surface area contributed by atoms with Gasteiger partial charge < -0.3 is 15.0 Å². The van der Waals surface area contributed by atoms with Crippen LogP contribution in [0.2, 0.25) is 10.0 Å². The maximum Gasteiger partial charge on any atom is 0.261 e. The first-order valence-electron chi connectivity index (χ1n) is 9.15. The highest BCUT2D eigenvalue weighted by molar-refractivity contribution is 6.31. The van der Waals surface area contributed by atoms with Gasteiger partial charge in [-0.15, -0.1) is 0 Å². The minimum Gasteiger partial charge on any atom is -0.484 e. The second-order valence-electron chi connectivity index (χ2n) is 6.18. The quantitative estimate of drug-likeness (QED) is 0.654. The summed E-state index contributed by atoms with van der Waals surface area (Å²) in [6.07, 6.45) is 0.471. The summed E-state index contributed by atoms with van der Waals surface area (Å²) < 4.78 is 5.59. The minimum atomic E-state index is -0.619. The van der Waals surface area contributed by atoms with Crippen LogP contribution in [0.5, 0.6) is 5.75 Å². The third-order valence-corrected chi connectivity index (χ3v) is 4.80. The van der Waals surface area contributed by atoms with E-state index in [9.17, 15) is 9.59 Å². The molecule has 0 heterocycles. The molecular formula is C21H24Cl2N2O3. The Bertz CT molecular complexity index is 814. The predicted octanol–water partition coefficient (Wildman–Crippen LogP) is 4.32. The first-order valence-corrected chi connectivity index (χ1v) is 9.90. The number of ether oxygens (including phenoxy) is 1. The molecule has 0 saturated heterocycles. The smallest absolute Gasteiger partial charge is 0.261 e. The van der Waals surface area contributed by atoms with Crippen molar-refractivity contribution in [3.63, 3.8) is 0 Å². The number of rotatable bonds is 9. The van der Waals surface area contributed by atoms with Gasteiger partial charge in [-0.1, -0.05) is 54.4 Å². The molecule has 0 saturated carbocycles. The highest BCUT2D eigenvalue weighted by Gasteiger charge is 2.29. The highest BCUT2D eigenvalue weighted by Crippen LogP contribution is 2.21. The van der Waals surface area contributed by atoms with Gasteiger partial charge in [0.2, 0.25) is 5.91 Å². The van der Waals surface area contributed by atoms with E-state index < -0.39 is 6.04 Å². The normalized spacial score (nSPS) is 11.6. The lowest BCUT2D eigenvalue weighted by Gasteiger charge is -2.30. The lowest BCUT2D eigenvalue weighted by Crippen LogP contribution is -2.50. The van der Waals surface area contributed by atoms with Crippen LogP contribution in [0.1, 0.15) is 25.8 Å². The van der Waals surface area contributed by atoms with Gasteiger partial charge in [-0.2, -0.15) is 0 Å². The number of likely N-dealkylation sites (N-methyl/N-ethyl adjacent to an activating group) is 1. The Morgan fingerprint density at radius 3 is 2.50 bits per heavy atom. The van der Waals surface area contributed by atoms with Crippen molar-refractivity contribution in [2.45, 2.75) is 32.9 Å². The molecule has 2 aromatic rings. The minimum absolute atomic E-state index is 0.201. The first kappa shape index (κ1) is 22.1. The van der Waals surface area contributed by atoms with Gasteiger partial charge in [-0.3, -0.25) is 9.59 Å². The van der Waals surface area contributed by atoms with E-state index in [0.29, 0.717) is 28.8 Å². The summed E-state index contributed by atoms with van der Waals surface area (Å²) in [6.45, 7) is 4.20. The Morgan fingerprint density at radius 2 is 1.86 bits per heavy atom. The summed E-state index contributed by atoms with van der Waals surface area (Å²) in [5.41, 5.74) is 0.767. The van der Waals surface area contributed by atoms with Gasteiger partial charge in [0.25, 0.3) is 5.91 Å². The SMILES string of the molecule is CCNC(=O)[C@@H](CC)N(Cc1ccccc1Cl)C(=O)COc1cccc(Cl)c1. The summed E-state index contributed by atoms with van der Waals surface area (Å²) in [7, 11) is 0. The summed E-state index contributed by atoms with van der Waals surface area (Å²) in [4.78, 5) is 27.0. The van der Waals surface area contributed by atoms with E-state index in [0.717, 1.165) is 5.56 Å². The number of nitrogens with zero attached hydrogens (tertiary/aromatic N) is 1. The fourth-order valence-corrected chi connectivity index (χ4v) is 3.18. The van der Waals surface area contributed by atoms with Crippen LogP contribution in [0.3, 0.4) is 0 Å². The molecule has 2 rings (SSSR count). The molecule has 0 aliphatic rings. The molecule has 1 N–H and O–H groups in total. The van der Waals surface area contributed by atoms with Crippen LogP contribution in [0.4, 0.5) is 0 Å². The van der Waals surface area contributed by atoms with Crippen LogP contribution in [0, 0.1) is 0 Å².